The number of anilines is 1. The van der Waals surface area contributed by atoms with Crippen molar-refractivity contribution in [3.63, 3.8) is 0 Å². The van der Waals surface area contributed by atoms with E-state index in [2.05, 4.69) is 10.4 Å². The predicted octanol–water partition coefficient (Wildman–Crippen LogP) is 5.15. The number of rotatable bonds is 6. The first-order valence-electron chi connectivity index (χ1n) is 11.5. The molecule has 4 aromatic rings. The molecule has 0 bridgehead atoms. The number of fused-ring (bicyclic) bond motifs is 1. The lowest BCUT2D eigenvalue weighted by atomic mass is 10.00. The molecule has 3 heterocycles. The summed E-state index contributed by atoms with van der Waals surface area (Å²) in [6.45, 7) is 2.82. The van der Waals surface area contributed by atoms with Crippen molar-refractivity contribution in [1.82, 2.24) is 18.9 Å². The van der Waals surface area contributed by atoms with Crippen LogP contribution >= 0.6 is 11.6 Å². The molecule has 0 saturated carbocycles. The number of halogens is 3. The monoisotopic (exact) mass is 531 g/mol. The molecule has 36 heavy (non-hydrogen) atoms. The summed E-state index contributed by atoms with van der Waals surface area (Å²) >= 11 is 6.41. The van der Waals surface area contributed by atoms with Crippen molar-refractivity contribution in [2.45, 2.75) is 24.7 Å². The van der Waals surface area contributed by atoms with Crippen LogP contribution in [0.2, 0.25) is 5.02 Å². The largest absolute Gasteiger partial charge is 0.370 e. The molecule has 1 saturated heterocycles. The van der Waals surface area contributed by atoms with Crippen LogP contribution in [0.3, 0.4) is 0 Å². The van der Waals surface area contributed by atoms with Gasteiger partial charge in [0.2, 0.25) is 10.0 Å². The summed E-state index contributed by atoms with van der Waals surface area (Å²) in [6, 6.07) is 11.8. The Morgan fingerprint density at radius 1 is 1.17 bits per heavy atom. The molecular weight excluding hydrogens is 508 g/mol. The number of hydrogen-bond acceptors (Lipinski definition) is 5. The van der Waals surface area contributed by atoms with E-state index >= 15 is 0 Å². The highest BCUT2D eigenvalue weighted by Gasteiger charge is 2.32. The number of piperidine rings is 1. The van der Waals surface area contributed by atoms with Crippen LogP contribution in [0.1, 0.15) is 18.4 Å². The van der Waals surface area contributed by atoms with Crippen LogP contribution in [-0.4, -0.2) is 47.0 Å². The minimum absolute atomic E-state index is 0.0474. The number of aryl methyl sites for hydroxylation is 1. The van der Waals surface area contributed by atoms with Crippen LogP contribution in [0, 0.1) is 24.5 Å². The highest BCUT2D eigenvalue weighted by molar-refractivity contribution is 7.89. The number of nitrogens with zero attached hydrogens (tertiary/aromatic N) is 4. The van der Waals surface area contributed by atoms with E-state index in [1.165, 1.54) is 4.31 Å². The van der Waals surface area contributed by atoms with E-state index in [1.54, 1.807) is 16.8 Å². The van der Waals surface area contributed by atoms with Gasteiger partial charge in [-0.05, 0) is 49.9 Å². The summed E-state index contributed by atoms with van der Waals surface area (Å²) in [4.78, 5) is 4.10. The molecular formula is C25H24ClF2N5O2S. The summed E-state index contributed by atoms with van der Waals surface area (Å²) < 4.78 is 56.9. The summed E-state index contributed by atoms with van der Waals surface area (Å²) in [5.74, 6) is -1.11. The molecule has 188 valence electrons. The van der Waals surface area contributed by atoms with E-state index in [0.717, 1.165) is 35.7 Å². The number of aromatic nitrogens is 3. The summed E-state index contributed by atoms with van der Waals surface area (Å²) in [5, 5.41) is 8.40. The fourth-order valence-corrected chi connectivity index (χ4v) is 6.34. The van der Waals surface area contributed by atoms with Gasteiger partial charge in [-0.1, -0.05) is 29.8 Å². The summed E-state index contributed by atoms with van der Waals surface area (Å²) in [7, 11) is -4.16. The van der Waals surface area contributed by atoms with Gasteiger partial charge >= 0.3 is 0 Å². The Kier molecular flexibility index (Phi) is 6.67. The van der Waals surface area contributed by atoms with Crippen LogP contribution in [-0.2, 0) is 10.0 Å². The number of hydrogen-bond donors (Lipinski definition) is 1. The van der Waals surface area contributed by atoms with Crippen LogP contribution in [0.4, 0.5) is 14.6 Å². The average Bonchev–Trinajstić information content (AvgIpc) is 3.25. The van der Waals surface area contributed by atoms with Crippen molar-refractivity contribution in [3.8, 4) is 11.3 Å². The van der Waals surface area contributed by atoms with Gasteiger partial charge in [0.25, 0.3) is 0 Å². The molecule has 1 aliphatic rings. The van der Waals surface area contributed by atoms with Gasteiger partial charge in [-0.15, -0.1) is 0 Å². The van der Waals surface area contributed by atoms with Gasteiger partial charge in [0.05, 0.1) is 11.9 Å². The van der Waals surface area contributed by atoms with E-state index in [-0.39, 0.29) is 19.0 Å². The quantitative estimate of drug-likeness (QED) is 0.372. The van der Waals surface area contributed by atoms with Gasteiger partial charge in [-0.2, -0.15) is 13.9 Å². The van der Waals surface area contributed by atoms with Crippen molar-refractivity contribution in [2.24, 2.45) is 5.92 Å². The fraction of sp³-hybridized carbons (Fsp3) is 0.280. The molecule has 1 aliphatic heterocycles. The molecule has 1 unspecified atom stereocenters. The zero-order valence-corrected chi connectivity index (χ0v) is 21.0. The molecule has 0 amide bonds. The van der Waals surface area contributed by atoms with Crippen LogP contribution in [0.15, 0.2) is 59.6 Å². The standard InChI is InChI=1S/C25H24ClF2N5O2S/c1-16-13-30-33-24(12-22(31-25(16)33)19-6-2-3-7-20(19)26)29-14-17-5-4-10-32(15-17)36(34,35)23-11-18(27)8-9-21(23)28/h2-3,6-9,11-13,17,29H,4-5,10,14-15H2,1H3. The molecule has 0 aliphatic carbocycles. The van der Waals surface area contributed by atoms with Gasteiger partial charge in [0.1, 0.15) is 22.3 Å². The molecule has 1 N–H and O–H groups in total. The maximum Gasteiger partial charge on any atom is 0.246 e. The van der Waals surface area contributed by atoms with Crippen LogP contribution in [0.5, 0.6) is 0 Å². The third-order valence-electron chi connectivity index (χ3n) is 6.36. The molecule has 1 atom stereocenters. The lowest BCUT2D eigenvalue weighted by molar-refractivity contribution is 0.274. The third-order valence-corrected chi connectivity index (χ3v) is 8.57. The number of sulfonamides is 1. The van der Waals surface area contributed by atoms with E-state index in [0.29, 0.717) is 35.1 Å². The lowest BCUT2D eigenvalue weighted by Crippen LogP contribution is -2.42. The second kappa shape index (κ2) is 9.76. The zero-order chi connectivity index (χ0) is 25.4. The Bertz CT molecular complexity index is 1540. The Morgan fingerprint density at radius 2 is 1.97 bits per heavy atom. The molecule has 5 rings (SSSR count). The first-order chi connectivity index (χ1) is 17.2. The maximum absolute atomic E-state index is 14.2. The first-order valence-corrected chi connectivity index (χ1v) is 13.3. The van der Waals surface area contributed by atoms with Crippen molar-refractivity contribution >= 4 is 33.1 Å². The third kappa shape index (κ3) is 4.68. The normalized spacial score (nSPS) is 16.9. The van der Waals surface area contributed by atoms with Crippen molar-refractivity contribution in [3.05, 3.63) is 76.9 Å². The average molecular weight is 532 g/mol. The van der Waals surface area contributed by atoms with Crippen molar-refractivity contribution in [2.75, 3.05) is 25.0 Å². The summed E-state index contributed by atoms with van der Waals surface area (Å²) in [6.07, 6.45) is 3.13. The fourth-order valence-electron chi connectivity index (χ4n) is 4.48. The topological polar surface area (TPSA) is 79.6 Å². The van der Waals surface area contributed by atoms with E-state index in [4.69, 9.17) is 16.6 Å². The van der Waals surface area contributed by atoms with Crippen molar-refractivity contribution < 1.29 is 17.2 Å². The van der Waals surface area contributed by atoms with E-state index in [1.807, 2.05) is 31.2 Å². The second-order valence-electron chi connectivity index (χ2n) is 8.90. The summed E-state index contributed by atoms with van der Waals surface area (Å²) in [5.41, 5.74) is 3.06. The Labute approximate surface area is 212 Å². The first kappa shape index (κ1) is 24.6. The minimum atomic E-state index is -4.16. The SMILES string of the molecule is Cc1cnn2c(NCC3CCCN(S(=O)(=O)c4cc(F)ccc4F)C3)cc(-c3ccccc3Cl)nc12. The number of benzene rings is 2. The Balaban J connectivity index is 1.39. The molecule has 2 aromatic heterocycles. The molecule has 11 heteroatoms. The highest BCUT2D eigenvalue weighted by Crippen LogP contribution is 2.30. The van der Waals surface area contributed by atoms with Crippen molar-refractivity contribution in [1.29, 1.82) is 0 Å². The smallest absolute Gasteiger partial charge is 0.246 e. The predicted molar refractivity (Wildman–Crippen MR) is 135 cm³/mol. The van der Waals surface area contributed by atoms with Gasteiger partial charge < -0.3 is 5.32 Å². The van der Waals surface area contributed by atoms with Gasteiger partial charge in [-0.25, -0.2) is 22.2 Å². The maximum atomic E-state index is 14.2. The van der Waals surface area contributed by atoms with Gasteiger partial charge in [0, 0.05) is 41.9 Å². The van der Waals surface area contributed by atoms with Crippen LogP contribution < -0.4 is 5.32 Å². The molecule has 7 nitrogen and oxygen atoms in total. The second-order valence-corrected chi connectivity index (χ2v) is 11.2. The molecule has 2 aromatic carbocycles. The van der Waals surface area contributed by atoms with E-state index in [9.17, 15) is 17.2 Å². The Morgan fingerprint density at radius 3 is 2.78 bits per heavy atom. The van der Waals surface area contributed by atoms with Gasteiger partial charge in [-0.3, -0.25) is 0 Å². The molecule has 0 radical (unpaired) electrons. The zero-order valence-electron chi connectivity index (χ0n) is 19.5. The Hall–Kier alpha value is -3.08. The van der Waals surface area contributed by atoms with E-state index < -0.39 is 26.6 Å². The molecule has 0 spiro atoms. The minimum Gasteiger partial charge on any atom is -0.370 e. The molecule has 1 fully saturated rings. The highest BCUT2D eigenvalue weighted by atomic mass is 35.5. The van der Waals surface area contributed by atoms with Gasteiger partial charge in [0.15, 0.2) is 5.65 Å². The number of nitrogens with one attached hydrogen (secondary N) is 1. The van der Waals surface area contributed by atoms with Crippen LogP contribution in [0.25, 0.3) is 16.9 Å². The lowest BCUT2D eigenvalue weighted by Gasteiger charge is -2.32.